The molecule has 5 nitrogen and oxygen atoms in total. The summed E-state index contributed by atoms with van der Waals surface area (Å²) in [6.07, 6.45) is 2.47. The summed E-state index contributed by atoms with van der Waals surface area (Å²) in [4.78, 5) is 23.5. The maximum absolute atomic E-state index is 11.9. The van der Waals surface area contributed by atoms with Gasteiger partial charge in [0.05, 0.1) is 6.04 Å². The fourth-order valence-corrected chi connectivity index (χ4v) is 2.01. The van der Waals surface area contributed by atoms with Crippen molar-refractivity contribution >= 4 is 11.8 Å². The average Bonchev–Trinajstić information content (AvgIpc) is 2.79. The highest BCUT2D eigenvalue weighted by Gasteiger charge is 2.27. The highest BCUT2D eigenvalue weighted by atomic mass is 16.2. The predicted molar refractivity (Wildman–Crippen MR) is 65.9 cm³/mol. The Balaban J connectivity index is 2.52. The molecule has 0 aromatic rings. The van der Waals surface area contributed by atoms with Gasteiger partial charge in [0.1, 0.15) is 6.04 Å². The molecule has 97 valence electrons. The van der Waals surface area contributed by atoms with Crippen LogP contribution in [-0.2, 0) is 9.59 Å². The molecular weight excluding hydrogens is 218 g/mol. The summed E-state index contributed by atoms with van der Waals surface area (Å²) >= 11 is 0. The number of rotatable bonds is 5. The van der Waals surface area contributed by atoms with Gasteiger partial charge < -0.3 is 16.0 Å². The first-order chi connectivity index (χ1) is 8.04. The highest BCUT2D eigenvalue weighted by molar-refractivity contribution is 5.89. The van der Waals surface area contributed by atoms with Crippen molar-refractivity contribution in [2.75, 3.05) is 6.54 Å². The van der Waals surface area contributed by atoms with Crippen molar-refractivity contribution in [2.24, 2.45) is 5.92 Å². The molecule has 3 N–H and O–H groups in total. The molecule has 1 aliphatic heterocycles. The van der Waals surface area contributed by atoms with Crippen molar-refractivity contribution in [3.8, 4) is 0 Å². The number of amides is 2. The Morgan fingerprint density at radius 1 is 1.47 bits per heavy atom. The topological polar surface area (TPSA) is 70.2 Å². The van der Waals surface area contributed by atoms with Crippen molar-refractivity contribution in [1.29, 1.82) is 0 Å². The largest absolute Gasteiger partial charge is 0.353 e. The fourth-order valence-electron chi connectivity index (χ4n) is 2.01. The first-order valence-corrected chi connectivity index (χ1v) is 6.15. The van der Waals surface area contributed by atoms with Crippen molar-refractivity contribution < 1.29 is 9.59 Å². The minimum atomic E-state index is -0.484. The zero-order valence-corrected chi connectivity index (χ0v) is 10.6. The summed E-state index contributed by atoms with van der Waals surface area (Å²) in [5, 5.41) is 8.24. The van der Waals surface area contributed by atoms with Crippen LogP contribution in [0, 0.1) is 13.0 Å². The first-order valence-electron chi connectivity index (χ1n) is 6.15. The van der Waals surface area contributed by atoms with E-state index >= 15 is 0 Å². The quantitative estimate of drug-likeness (QED) is 0.642. The van der Waals surface area contributed by atoms with E-state index in [0.717, 1.165) is 19.4 Å². The minimum Gasteiger partial charge on any atom is -0.353 e. The number of carbonyl (C=O) groups excluding carboxylic acids is 2. The van der Waals surface area contributed by atoms with E-state index in [4.69, 9.17) is 0 Å². The normalized spacial score (nSPS) is 21.3. The van der Waals surface area contributed by atoms with Crippen molar-refractivity contribution in [1.82, 2.24) is 16.0 Å². The van der Waals surface area contributed by atoms with Crippen molar-refractivity contribution in [2.45, 2.75) is 45.2 Å². The van der Waals surface area contributed by atoms with E-state index in [2.05, 4.69) is 23.0 Å². The molecule has 5 heteroatoms. The summed E-state index contributed by atoms with van der Waals surface area (Å²) in [5.41, 5.74) is 0. The second-order valence-electron chi connectivity index (χ2n) is 4.88. The molecule has 1 saturated heterocycles. The maximum atomic E-state index is 11.9. The number of carbonyl (C=O) groups is 2. The molecule has 0 aromatic carbocycles. The lowest BCUT2D eigenvalue weighted by Crippen LogP contribution is -2.51. The molecule has 0 saturated carbocycles. The maximum Gasteiger partial charge on any atom is 0.242 e. The third-order valence-corrected chi connectivity index (χ3v) is 2.89. The van der Waals surface area contributed by atoms with E-state index in [1.54, 1.807) is 0 Å². The molecule has 1 rings (SSSR count). The molecule has 1 radical (unpaired) electrons. The Morgan fingerprint density at radius 3 is 2.65 bits per heavy atom. The number of hydrogen-bond donors (Lipinski definition) is 3. The third-order valence-electron chi connectivity index (χ3n) is 2.89. The van der Waals surface area contributed by atoms with Crippen LogP contribution in [0.5, 0.6) is 0 Å². The van der Waals surface area contributed by atoms with E-state index < -0.39 is 6.04 Å². The molecule has 17 heavy (non-hydrogen) atoms. The van der Waals surface area contributed by atoms with Gasteiger partial charge in [-0.15, -0.1) is 0 Å². The van der Waals surface area contributed by atoms with E-state index in [1.807, 2.05) is 13.8 Å². The molecule has 1 aliphatic rings. The Morgan fingerprint density at radius 2 is 2.18 bits per heavy atom. The van der Waals surface area contributed by atoms with Gasteiger partial charge in [-0.1, -0.05) is 13.8 Å². The van der Waals surface area contributed by atoms with E-state index in [-0.39, 0.29) is 17.9 Å². The molecule has 0 aromatic heterocycles. The predicted octanol–water partition coefficient (Wildman–Crippen LogP) is 0.177. The summed E-state index contributed by atoms with van der Waals surface area (Å²) in [6, 6.07) is -0.635. The van der Waals surface area contributed by atoms with Crippen LogP contribution in [0.25, 0.3) is 0 Å². The van der Waals surface area contributed by atoms with Gasteiger partial charge in [0.2, 0.25) is 11.8 Å². The molecule has 1 heterocycles. The van der Waals surface area contributed by atoms with Gasteiger partial charge in [-0.3, -0.25) is 9.59 Å². The molecule has 2 atom stereocenters. The number of nitrogens with one attached hydrogen (secondary N) is 3. The third kappa shape index (κ3) is 4.34. The lowest BCUT2D eigenvalue weighted by atomic mass is 10.0. The molecule has 0 spiro atoms. The summed E-state index contributed by atoms with van der Waals surface area (Å²) in [5.74, 6) is 0.0240. The van der Waals surface area contributed by atoms with Gasteiger partial charge in [-0.2, -0.15) is 0 Å². The summed E-state index contributed by atoms with van der Waals surface area (Å²) < 4.78 is 0. The summed E-state index contributed by atoms with van der Waals surface area (Å²) in [7, 11) is 3.35. The van der Waals surface area contributed by atoms with Crippen molar-refractivity contribution in [3.05, 3.63) is 7.05 Å². The second kappa shape index (κ2) is 6.59. The molecule has 1 fully saturated rings. The van der Waals surface area contributed by atoms with Gasteiger partial charge in [0, 0.05) is 7.05 Å². The lowest BCUT2D eigenvalue weighted by Gasteiger charge is -2.21. The lowest BCUT2D eigenvalue weighted by molar-refractivity contribution is -0.129. The van der Waals surface area contributed by atoms with E-state index in [0.29, 0.717) is 12.3 Å². The van der Waals surface area contributed by atoms with Crippen LogP contribution in [0.1, 0.15) is 33.1 Å². The zero-order chi connectivity index (χ0) is 12.8. The fraction of sp³-hybridized carbons (Fsp3) is 0.750. The van der Waals surface area contributed by atoms with Crippen LogP contribution in [0.4, 0.5) is 0 Å². The van der Waals surface area contributed by atoms with Gasteiger partial charge in [-0.05, 0) is 31.7 Å². The molecule has 0 unspecified atom stereocenters. The smallest absolute Gasteiger partial charge is 0.242 e. The number of hydrogen-bond acceptors (Lipinski definition) is 3. The first kappa shape index (κ1) is 14.0. The molecular formula is C12H22N3O2. The zero-order valence-electron chi connectivity index (χ0n) is 10.6. The van der Waals surface area contributed by atoms with Crippen molar-refractivity contribution in [3.63, 3.8) is 0 Å². The Hall–Kier alpha value is -1.10. The van der Waals surface area contributed by atoms with Crippen LogP contribution < -0.4 is 16.0 Å². The van der Waals surface area contributed by atoms with Gasteiger partial charge in [0.25, 0.3) is 0 Å². The minimum absolute atomic E-state index is 0.0863. The Kier molecular flexibility index (Phi) is 5.41. The van der Waals surface area contributed by atoms with E-state index in [1.165, 1.54) is 0 Å². The van der Waals surface area contributed by atoms with Crippen LogP contribution in [0.3, 0.4) is 0 Å². The standard InChI is InChI=1S/C12H22N3O2/c1-8(2)7-10(11(16)13-3)15-12(17)9-5-4-6-14-9/h8-10,14H,3-7H2,1-2H3,(H,13,16)(H,15,17)/t9-,10-/m0/s1. The monoisotopic (exact) mass is 240 g/mol. The van der Waals surface area contributed by atoms with E-state index in [9.17, 15) is 9.59 Å². The SMILES string of the molecule is [CH2]NC(=O)[C@H](CC(C)C)NC(=O)[C@@H]1CCCN1. The Labute approximate surface area is 103 Å². The van der Waals surface area contributed by atoms with Gasteiger partial charge in [-0.25, -0.2) is 0 Å². The van der Waals surface area contributed by atoms with Gasteiger partial charge >= 0.3 is 0 Å². The second-order valence-corrected chi connectivity index (χ2v) is 4.88. The van der Waals surface area contributed by atoms with Crippen LogP contribution in [0.2, 0.25) is 0 Å². The van der Waals surface area contributed by atoms with Crippen LogP contribution >= 0.6 is 0 Å². The van der Waals surface area contributed by atoms with Crippen LogP contribution in [-0.4, -0.2) is 30.4 Å². The molecule has 0 aliphatic carbocycles. The molecule has 0 bridgehead atoms. The summed E-state index contributed by atoms with van der Waals surface area (Å²) in [6.45, 7) is 4.90. The highest BCUT2D eigenvalue weighted by Crippen LogP contribution is 2.08. The molecule has 2 amide bonds. The van der Waals surface area contributed by atoms with Gasteiger partial charge in [0.15, 0.2) is 0 Å². The Bertz CT molecular complexity index is 273. The van der Waals surface area contributed by atoms with Crippen LogP contribution in [0.15, 0.2) is 0 Å². The average molecular weight is 240 g/mol.